The third-order valence-electron chi connectivity index (χ3n) is 3.19. The zero-order valence-corrected chi connectivity index (χ0v) is 10.5. The van der Waals surface area contributed by atoms with E-state index in [4.69, 9.17) is 15.6 Å². The van der Waals surface area contributed by atoms with Crippen molar-refractivity contribution in [1.29, 1.82) is 0 Å². The van der Waals surface area contributed by atoms with E-state index in [1.54, 1.807) is 6.33 Å². The van der Waals surface area contributed by atoms with Gasteiger partial charge in [-0.2, -0.15) is 0 Å². The smallest absolute Gasteiger partial charge is 0.329 e. The van der Waals surface area contributed by atoms with Gasteiger partial charge in [-0.1, -0.05) is 12.2 Å². The van der Waals surface area contributed by atoms with Crippen LogP contribution in [-0.2, 0) is 9.53 Å². The predicted molar refractivity (Wildman–Crippen MR) is 69.9 cm³/mol. The van der Waals surface area contributed by atoms with Crippen LogP contribution in [0.4, 0.5) is 5.82 Å². The van der Waals surface area contributed by atoms with E-state index in [-0.39, 0.29) is 18.8 Å². The fourth-order valence-corrected chi connectivity index (χ4v) is 2.27. The molecular formula is C12H13N5O3. The molecule has 1 aliphatic rings. The minimum Gasteiger partial charge on any atom is -0.480 e. The summed E-state index contributed by atoms with van der Waals surface area (Å²) in [6, 6.07) is 0.0214. The SMILES string of the molecule is Nc1ncnc2c1ncn2[C@@H]1C=C[C@@H](OCC(=O)O)C1. The molecule has 104 valence electrons. The maximum atomic E-state index is 10.5. The lowest BCUT2D eigenvalue weighted by molar-refractivity contribution is -0.143. The second-order valence-corrected chi connectivity index (χ2v) is 4.51. The lowest BCUT2D eigenvalue weighted by atomic mass is 10.2. The highest BCUT2D eigenvalue weighted by molar-refractivity contribution is 5.81. The van der Waals surface area contributed by atoms with Crippen molar-refractivity contribution in [2.75, 3.05) is 12.3 Å². The van der Waals surface area contributed by atoms with Gasteiger partial charge in [-0.3, -0.25) is 0 Å². The largest absolute Gasteiger partial charge is 0.480 e. The van der Waals surface area contributed by atoms with Crippen LogP contribution in [0.25, 0.3) is 11.2 Å². The molecule has 8 heteroatoms. The summed E-state index contributed by atoms with van der Waals surface area (Å²) < 4.78 is 7.13. The van der Waals surface area contributed by atoms with Crippen LogP contribution in [-0.4, -0.2) is 43.3 Å². The maximum Gasteiger partial charge on any atom is 0.329 e. The van der Waals surface area contributed by atoms with Crippen molar-refractivity contribution in [1.82, 2.24) is 19.5 Å². The molecule has 0 aromatic carbocycles. The summed E-state index contributed by atoms with van der Waals surface area (Å²) in [5, 5.41) is 8.60. The highest BCUT2D eigenvalue weighted by Gasteiger charge is 2.23. The van der Waals surface area contributed by atoms with E-state index in [0.717, 1.165) is 0 Å². The Bertz CT molecular complexity index is 681. The lowest BCUT2D eigenvalue weighted by Crippen LogP contribution is -2.16. The van der Waals surface area contributed by atoms with E-state index in [1.165, 1.54) is 6.33 Å². The number of aliphatic carboxylic acids is 1. The van der Waals surface area contributed by atoms with Crippen LogP contribution in [0.2, 0.25) is 0 Å². The van der Waals surface area contributed by atoms with Crippen LogP contribution >= 0.6 is 0 Å². The number of carboxylic acids is 1. The average Bonchev–Trinajstić information content (AvgIpc) is 3.02. The molecule has 20 heavy (non-hydrogen) atoms. The van der Waals surface area contributed by atoms with E-state index >= 15 is 0 Å². The van der Waals surface area contributed by atoms with Gasteiger partial charge >= 0.3 is 5.97 Å². The molecule has 3 N–H and O–H groups in total. The van der Waals surface area contributed by atoms with Crippen molar-refractivity contribution >= 4 is 23.0 Å². The first-order chi connectivity index (χ1) is 9.65. The van der Waals surface area contributed by atoms with Gasteiger partial charge in [0.2, 0.25) is 0 Å². The normalized spacial score (nSPS) is 21.6. The molecule has 2 aromatic heterocycles. The Kier molecular flexibility index (Phi) is 3.07. The number of anilines is 1. The van der Waals surface area contributed by atoms with Crippen LogP contribution in [0.15, 0.2) is 24.8 Å². The minimum absolute atomic E-state index is 0.0214. The van der Waals surface area contributed by atoms with Crippen molar-refractivity contribution in [2.45, 2.75) is 18.6 Å². The summed E-state index contributed by atoms with van der Waals surface area (Å²) in [6.07, 6.45) is 7.28. The van der Waals surface area contributed by atoms with Gasteiger partial charge in [-0.25, -0.2) is 19.7 Å². The number of hydrogen-bond donors (Lipinski definition) is 2. The van der Waals surface area contributed by atoms with Crippen molar-refractivity contribution in [3.63, 3.8) is 0 Å². The van der Waals surface area contributed by atoms with E-state index in [1.807, 2.05) is 16.7 Å². The van der Waals surface area contributed by atoms with Gasteiger partial charge in [0.15, 0.2) is 11.5 Å². The third-order valence-corrected chi connectivity index (χ3v) is 3.19. The number of nitrogens with zero attached hydrogens (tertiary/aromatic N) is 4. The zero-order valence-electron chi connectivity index (χ0n) is 10.5. The standard InChI is InChI=1S/C12H13N5O3/c13-11-10-12(15-5-14-11)17(6-16-10)7-1-2-8(3-7)20-4-9(18)19/h1-2,5-8H,3-4H2,(H,18,19)(H2,13,14,15)/t7-,8-/m1/s1. The van der Waals surface area contributed by atoms with Gasteiger partial charge in [0.1, 0.15) is 18.5 Å². The topological polar surface area (TPSA) is 116 Å². The van der Waals surface area contributed by atoms with Gasteiger partial charge in [-0.05, 0) is 0 Å². The molecule has 0 spiro atoms. The summed E-state index contributed by atoms with van der Waals surface area (Å²) in [5.74, 6) is -0.634. The summed E-state index contributed by atoms with van der Waals surface area (Å²) in [6.45, 7) is -0.304. The number of carbonyl (C=O) groups is 1. The monoisotopic (exact) mass is 275 g/mol. The first kappa shape index (κ1) is 12.5. The predicted octanol–water partition coefficient (Wildman–Crippen LogP) is 0.379. The molecule has 0 aliphatic heterocycles. The highest BCUT2D eigenvalue weighted by atomic mass is 16.5. The number of imidazole rings is 1. The molecule has 1 aliphatic carbocycles. The Labute approximate surface area is 113 Å². The number of rotatable bonds is 4. The van der Waals surface area contributed by atoms with Gasteiger partial charge in [0.05, 0.1) is 18.5 Å². The molecule has 0 fully saturated rings. The molecular weight excluding hydrogens is 262 g/mol. The van der Waals surface area contributed by atoms with E-state index in [2.05, 4.69) is 15.0 Å². The molecule has 0 radical (unpaired) electrons. The fraction of sp³-hybridized carbons (Fsp3) is 0.333. The Hall–Kier alpha value is -2.48. The van der Waals surface area contributed by atoms with Gasteiger partial charge in [-0.15, -0.1) is 0 Å². The molecule has 0 saturated carbocycles. The quantitative estimate of drug-likeness (QED) is 0.774. The van der Waals surface area contributed by atoms with E-state index < -0.39 is 5.97 Å². The van der Waals surface area contributed by atoms with Crippen LogP contribution in [0.3, 0.4) is 0 Å². The first-order valence-electron chi connectivity index (χ1n) is 6.10. The molecule has 2 atom stereocenters. The second kappa shape index (κ2) is 4.89. The molecule has 3 rings (SSSR count). The fourth-order valence-electron chi connectivity index (χ4n) is 2.27. The Balaban J connectivity index is 1.79. The molecule has 0 saturated heterocycles. The summed E-state index contributed by atoms with van der Waals surface area (Å²) in [5.41, 5.74) is 6.97. The van der Waals surface area contributed by atoms with E-state index in [9.17, 15) is 4.79 Å². The summed E-state index contributed by atoms with van der Waals surface area (Å²) in [7, 11) is 0. The van der Waals surface area contributed by atoms with Crippen LogP contribution in [0, 0.1) is 0 Å². The average molecular weight is 275 g/mol. The Morgan fingerprint density at radius 2 is 2.30 bits per heavy atom. The number of fused-ring (bicyclic) bond motifs is 1. The number of carboxylic acid groups (broad SMARTS) is 1. The molecule has 2 heterocycles. The highest BCUT2D eigenvalue weighted by Crippen LogP contribution is 2.28. The Morgan fingerprint density at radius 1 is 1.45 bits per heavy atom. The lowest BCUT2D eigenvalue weighted by Gasteiger charge is -2.13. The van der Waals surface area contributed by atoms with Crippen LogP contribution < -0.4 is 5.73 Å². The third kappa shape index (κ3) is 2.21. The first-order valence-corrected chi connectivity index (χ1v) is 6.10. The number of ether oxygens (including phenoxy) is 1. The van der Waals surface area contributed by atoms with E-state index in [0.29, 0.717) is 23.4 Å². The molecule has 0 unspecified atom stereocenters. The second-order valence-electron chi connectivity index (χ2n) is 4.51. The van der Waals surface area contributed by atoms with Crippen molar-refractivity contribution < 1.29 is 14.6 Å². The van der Waals surface area contributed by atoms with Crippen molar-refractivity contribution in [2.24, 2.45) is 0 Å². The number of hydrogen-bond acceptors (Lipinski definition) is 6. The van der Waals surface area contributed by atoms with Gasteiger partial charge < -0.3 is 20.1 Å². The summed E-state index contributed by atoms with van der Waals surface area (Å²) >= 11 is 0. The maximum absolute atomic E-state index is 10.5. The molecule has 0 bridgehead atoms. The Morgan fingerprint density at radius 3 is 3.10 bits per heavy atom. The molecule has 0 amide bonds. The number of nitrogens with two attached hydrogens (primary N) is 1. The number of nitrogen functional groups attached to an aromatic ring is 1. The molecule has 8 nitrogen and oxygen atoms in total. The minimum atomic E-state index is -0.976. The number of allylic oxidation sites excluding steroid dienone is 1. The summed E-state index contributed by atoms with van der Waals surface area (Å²) in [4.78, 5) is 22.8. The van der Waals surface area contributed by atoms with Crippen molar-refractivity contribution in [3.05, 3.63) is 24.8 Å². The number of aromatic nitrogens is 4. The molecule has 2 aromatic rings. The van der Waals surface area contributed by atoms with Gasteiger partial charge in [0, 0.05) is 6.42 Å². The van der Waals surface area contributed by atoms with Crippen LogP contribution in [0.5, 0.6) is 0 Å². The van der Waals surface area contributed by atoms with Crippen molar-refractivity contribution in [3.8, 4) is 0 Å². The van der Waals surface area contributed by atoms with Crippen LogP contribution in [0.1, 0.15) is 12.5 Å². The zero-order chi connectivity index (χ0) is 14.1. The van der Waals surface area contributed by atoms with Gasteiger partial charge in [0.25, 0.3) is 0 Å².